The second kappa shape index (κ2) is 5.53. The fraction of sp³-hybridized carbons (Fsp3) is 0.538. The monoisotopic (exact) mass is 292 g/mol. The smallest absolute Gasteiger partial charge is 0.223 e. The lowest BCUT2D eigenvalue weighted by molar-refractivity contribution is 0.0902. The van der Waals surface area contributed by atoms with Crippen molar-refractivity contribution in [2.45, 2.75) is 48.4 Å². The number of sulfone groups is 1. The highest BCUT2D eigenvalue weighted by Gasteiger charge is 2.35. The maximum absolute atomic E-state index is 13.2. The molecule has 2 nitrogen and oxygen atoms in total. The largest absolute Gasteiger partial charge is 0.284 e. The molecule has 0 aromatic heterocycles. The fourth-order valence-corrected chi connectivity index (χ4v) is 3.57. The molecule has 1 fully saturated rings. The van der Waals surface area contributed by atoms with E-state index in [1.165, 1.54) is 18.2 Å². The molecule has 1 aromatic rings. The molecule has 0 aliphatic heterocycles. The highest BCUT2D eigenvalue weighted by molar-refractivity contribution is 7.92. The van der Waals surface area contributed by atoms with Gasteiger partial charge in [-0.15, -0.1) is 0 Å². The van der Waals surface area contributed by atoms with E-state index in [0.29, 0.717) is 0 Å². The zero-order valence-electron chi connectivity index (χ0n) is 10.2. The first-order valence-electron chi connectivity index (χ1n) is 6.19. The fourth-order valence-electron chi connectivity index (χ4n) is 2.47. The predicted molar refractivity (Wildman–Crippen MR) is 65.7 cm³/mol. The lowest BCUT2D eigenvalue weighted by Gasteiger charge is -2.13. The zero-order valence-corrected chi connectivity index (χ0v) is 11.0. The molecular formula is C13H15F3O2S. The van der Waals surface area contributed by atoms with Gasteiger partial charge in [-0.2, -0.15) is 0 Å². The number of halogens is 3. The van der Waals surface area contributed by atoms with Gasteiger partial charge < -0.3 is 0 Å². The summed E-state index contributed by atoms with van der Waals surface area (Å²) >= 11 is 0. The van der Waals surface area contributed by atoms with Crippen molar-refractivity contribution in [3.8, 4) is 0 Å². The standard InChI is InChI=1S/C13H15F3O2S/c14-12(15)13(16)19(17,18)11-7-3-6-10(8-11)9-4-1-2-5-9/h3,6-9,12-13H,1-2,4-5H2. The van der Waals surface area contributed by atoms with Crippen molar-refractivity contribution in [2.75, 3.05) is 0 Å². The van der Waals surface area contributed by atoms with Gasteiger partial charge in [-0.25, -0.2) is 21.6 Å². The molecule has 6 heteroatoms. The van der Waals surface area contributed by atoms with Crippen LogP contribution in [0, 0.1) is 0 Å². The van der Waals surface area contributed by atoms with Crippen LogP contribution >= 0.6 is 0 Å². The van der Waals surface area contributed by atoms with E-state index >= 15 is 0 Å². The Morgan fingerprint density at radius 3 is 2.32 bits per heavy atom. The van der Waals surface area contributed by atoms with Crippen molar-refractivity contribution in [2.24, 2.45) is 0 Å². The van der Waals surface area contributed by atoms with Gasteiger partial charge in [0.1, 0.15) is 0 Å². The van der Waals surface area contributed by atoms with Gasteiger partial charge in [0.25, 0.3) is 11.9 Å². The lowest BCUT2D eigenvalue weighted by Crippen LogP contribution is -2.24. The lowest BCUT2D eigenvalue weighted by atomic mass is 9.98. The first-order valence-corrected chi connectivity index (χ1v) is 7.73. The molecule has 0 saturated heterocycles. The molecule has 1 atom stereocenters. The Morgan fingerprint density at radius 2 is 1.74 bits per heavy atom. The Kier molecular flexibility index (Phi) is 4.18. The van der Waals surface area contributed by atoms with Crippen LogP contribution in [-0.4, -0.2) is 20.3 Å². The first kappa shape index (κ1) is 14.4. The van der Waals surface area contributed by atoms with Crippen molar-refractivity contribution in [3.05, 3.63) is 29.8 Å². The van der Waals surface area contributed by atoms with E-state index < -0.39 is 21.8 Å². The van der Waals surface area contributed by atoms with E-state index in [1.54, 1.807) is 6.07 Å². The maximum Gasteiger partial charge on any atom is 0.284 e. The third kappa shape index (κ3) is 2.94. The average molecular weight is 292 g/mol. The highest BCUT2D eigenvalue weighted by Crippen LogP contribution is 2.35. The van der Waals surface area contributed by atoms with Crippen LogP contribution in [0.4, 0.5) is 13.2 Å². The number of benzene rings is 1. The number of hydrogen-bond donors (Lipinski definition) is 0. The normalized spacial score (nSPS) is 18.9. The molecule has 1 aromatic carbocycles. The third-order valence-electron chi connectivity index (χ3n) is 3.51. The van der Waals surface area contributed by atoms with Gasteiger partial charge in [-0.3, -0.25) is 0 Å². The van der Waals surface area contributed by atoms with Gasteiger partial charge in [-0.1, -0.05) is 25.0 Å². The van der Waals surface area contributed by atoms with Gasteiger partial charge in [-0.05, 0) is 36.5 Å². The van der Waals surface area contributed by atoms with Crippen molar-refractivity contribution < 1.29 is 21.6 Å². The van der Waals surface area contributed by atoms with E-state index in [2.05, 4.69) is 0 Å². The molecule has 106 valence electrons. The summed E-state index contributed by atoms with van der Waals surface area (Å²) < 4.78 is 61.0. The summed E-state index contributed by atoms with van der Waals surface area (Å²) in [6.45, 7) is 0. The molecule has 0 N–H and O–H groups in total. The summed E-state index contributed by atoms with van der Waals surface area (Å²) in [6, 6.07) is 5.76. The minimum absolute atomic E-state index is 0.250. The summed E-state index contributed by atoms with van der Waals surface area (Å²) in [5.74, 6) is 0.250. The quantitative estimate of drug-likeness (QED) is 0.848. The molecule has 0 amide bonds. The second-order valence-corrected chi connectivity index (χ2v) is 6.80. The zero-order chi connectivity index (χ0) is 14.0. The third-order valence-corrected chi connectivity index (χ3v) is 5.22. The van der Waals surface area contributed by atoms with Gasteiger partial charge >= 0.3 is 0 Å². The van der Waals surface area contributed by atoms with E-state index in [4.69, 9.17) is 0 Å². The number of rotatable bonds is 4. The van der Waals surface area contributed by atoms with Gasteiger partial charge in [0, 0.05) is 0 Å². The van der Waals surface area contributed by atoms with Crippen molar-refractivity contribution in [1.29, 1.82) is 0 Å². The maximum atomic E-state index is 13.2. The van der Waals surface area contributed by atoms with Crippen LogP contribution in [0.25, 0.3) is 0 Å². The Bertz CT molecular complexity index is 537. The van der Waals surface area contributed by atoms with E-state index in [9.17, 15) is 21.6 Å². The first-order chi connectivity index (χ1) is 8.93. The Labute approximate surface area is 110 Å². The molecule has 19 heavy (non-hydrogen) atoms. The SMILES string of the molecule is O=S(=O)(c1cccc(C2CCCC2)c1)C(F)C(F)F. The molecule has 1 saturated carbocycles. The average Bonchev–Trinajstić information content (AvgIpc) is 2.91. The van der Waals surface area contributed by atoms with Crippen LogP contribution in [0.15, 0.2) is 29.2 Å². The van der Waals surface area contributed by atoms with Gasteiger partial charge in [0.2, 0.25) is 9.84 Å². The van der Waals surface area contributed by atoms with Crippen molar-refractivity contribution in [1.82, 2.24) is 0 Å². The van der Waals surface area contributed by atoms with E-state index in [-0.39, 0.29) is 10.8 Å². The molecule has 0 spiro atoms. The Hall–Kier alpha value is -1.04. The highest BCUT2D eigenvalue weighted by atomic mass is 32.2. The van der Waals surface area contributed by atoms with Crippen LogP contribution in [0.2, 0.25) is 0 Å². The second-order valence-electron chi connectivity index (χ2n) is 4.78. The molecule has 1 aliphatic rings. The van der Waals surface area contributed by atoms with E-state index in [1.807, 2.05) is 0 Å². The van der Waals surface area contributed by atoms with Crippen LogP contribution < -0.4 is 0 Å². The number of alkyl halides is 3. The molecular weight excluding hydrogens is 277 g/mol. The molecule has 0 heterocycles. The minimum Gasteiger partial charge on any atom is -0.223 e. The summed E-state index contributed by atoms with van der Waals surface area (Å²) in [4.78, 5) is -0.357. The van der Waals surface area contributed by atoms with Gasteiger partial charge in [0.15, 0.2) is 0 Å². The molecule has 2 rings (SSSR count). The minimum atomic E-state index is -4.61. The molecule has 0 radical (unpaired) electrons. The summed E-state index contributed by atoms with van der Waals surface area (Å²) in [6.07, 6.45) is 0.532. The summed E-state index contributed by atoms with van der Waals surface area (Å²) in [5.41, 5.74) is -2.37. The van der Waals surface area contributed by atoms with Crippen molar-refractivity contribution in [3.63, 3.8) is 0 Å². The van der Waals surface area contributed by atoms with E-state index in [0.717, 1.165) is 31.2 Å². The Balaban J connectivity index is 2.32. The van der Waals surface area contributed by atoms with Crippen LogP contribution in [-0.2, 0) is 9.84 Å². The van der Waals surface area contributed by atoms with Crippen LogP contribution in [0.3, 0.4) is 0 Å². The van der Waals surface area contributed by atoms with Crippen LogP contribution in [0.1, 0.15) is 37.2 Å². The topological polar surface area (TPSA) is 34.1 Å². The summed E-state index contributed by atoms with van der Waals surface area (Å²) in [5, 5.41) is 0. The van der Waals surface area contributed by atoms with Crippen LogP contribution in [0.5, 0.6) is 0 Å². The summed E-state index contributed by atoms with van der Waals surface area (Å²) in [7, 11) is -4.61. The molecule has 0 bridgehead atoms. The van der Waals surface area contributed by atoms with Crippen molar-refractivity contribution >= 4 is 9.84 Å². The molecule has 1 unspecified atom stereocenters. The van der Waals surface area contributed by atoms with Gasteiger partial charge in [0.05, 0.1) is 4.90 Å². The Morgan fingerprint density at radius 1 is 1.11 bits per heavy atom. The predicted octanol–water partition coefficient (Wildman–Crippen LogP) is 3.68. The number of hydrogen-bond acceptors (Lipinski definition) is 2. The molecule has 1 aliphatic carbocycles.